The van der Waals surface area contributed by atoms with Crippen molar-refractivity contribution < 1.29 is 16.8 Å². The van der Waals surface area contributed by atoms with Gasteiger partial charge in [-0.25, -0.2) is 16.8 Å². The van der Waals surface area contributed by atoms with E-state index in [0.29, 0.717) is 6.42 Å². The first kappa shape index (κ1) is 17.4. The van der Waals surface area contributed by atoms with Gasteiger partial charge in [0.2, 0.25) is 20.0 Å². The molecule has 0 fully saturated rings. The van der Waals surface area contributed by atoms with Crippen LogP contribution in [-0.4, -0.2) is 34.7 Å². The van der Waals surface area contributed by atoms with Gasteiger partial charge in [-0.3, -0.25) is 9.44 Å². The van der Waals surface area contributed by atoms with Gasteiger partial charge in [-0.05, 0) is 24.6 Å². The van der Waals surface area contributed by atoms with Crippen LogP contribution in [-0.2, 0) is 20.0 Å². The number of halogens is 2. The van der Waals surface area contributed by atoms with Crippen LogP contribution >= 0.6 is 23.2 Å². The number of anilines is 2. The molecule has 0 radical (unpaired) electrons. The third-order valence-electron chi connectivity index (χ3n) is 2.08. The van der Waals surface area contributed by atoms with Crippen LogP contribution < -0.4 is 9.44 Å². The van der Waals surface area contributed by atoms with Crippen LogP contribution in [0.2, 0.25) is 5.02 Å². The molecule has 0 amide bonds. The number of rotatable bonds is 7. The van der Waals surface area contributed by atoms with Gasteiger partial charge in [0, 0.05) is 5.88 Å². The maximum absolute atomic E-state index is 11.7. The van der Waals surface area contributed by atoms with Crippen molar-refractivity contribution in [2.24, 2.45) is 0 Å². The molecule has 0 saturated heterocycles. The van der Waals surface area contributed by atoms with E-state index in [2.05, 4.69) is 9.44 Å². The number of benzene rings is 1. The summed E-state index contributed by atoms with van der Waals surface area (Å²) in [7, 11) is -6.94. The Kier molecular flexibility index (Phi) is 5.93. The lowest BCUT2D eigenvalue weighted by atomic mass is 10.3. The van der Waals surface area contributed by atoms with E-state index >= 15 is 0 Å². The van der Waals surface area contributed by atoms with Crippen molar-refractivity contribution in [2.45, 2.75) is 6.42 Å². The van der Waals surface area contributed by atoms with Gasteiger partial charge in [0.05, 0.1) is 28.4 Å². The molecule has 0 saturated carbocycles. The Bertz CT molecular complexity index is 674. The number of hydrogen-bond donors (Lipinski definition) is 2. The van der Waals surface area contributed by atoms with Crippen LogP contribution in [0.1, 0.15) is 6.42 Å². The van der Waals surface area contributed by atoms with E-state index < -0.39 is 20.0 Å². The maximum atomic E-state index is 11.7. The topological polar surface area (TPSA) is 92.3 Å². The minimum Gasteiger partial charge on any atom is -0.284 e. The van der Waals surface area contributed by atoms with Crippen LogP contribution in [0.15, 0.2) is 18.2 Å². The summed E-state index contributed by atoms with van der Waals surface area (Å²) in [5.74, 6) is 0.149. The summed E-state index contributed by atoms with van der Waals surface area (Å²) < 4.78 is 50.1. The highest BCUT2D eigenvalue weighted by Crippen LogP contribution is 2.26. The van der Waals surface area contributed by atoms with Gasteiger partial charge in [-0.1, -0.05) is 11.6 Å². The molecule has 20 heavy (non-hydrogen) atoms. The predicted octanol–water partition coefficient (Wildman–Crippen LogP) is 2.08. The van der Waals surface area contributed by atoms with Crippen molar-refractivity contribution in [1.29, 1.82) is 0 Å². The second kappa shape index (κ2) is 6.84. The number of sulfonamides is 2. The molecular formula is C10H14Cl2N2O4S2. The molecule has 10 heteroatoms. The highest BCUT2D eigenvalue weighted by Gasteiger charge is 2.12. The average molecular weight is 361 g/mol. The molecule has 2 N–H and O–H groups in total. The second-order valence-corrected chi connectivity index (χ2v) is 8.41. The maximum Gasteiger partial charge on any atom is 0.232 e. The van der Waals surface area contributed by atoms with E-state index in [0.717, 1.165) is 6.26 Å². The average Bonchev–Trinajstić information content (AvgIpc) is 2.28. The molecule has 1 aromatic rings. The Balaban J connectivity index is 2.88. The Morgan fingerprint density at radius 3 is 2.30 bits per heavy atom. The van der Waals surface area contributed by atoms with Crippen molar-refractivity contribution >= 4 is 54.6 Å². The first-order chi connectivity index (χ1) is 9.13. The fourth-order valence-corrected chi connectivity index (χ4v) is 3.60. The molecule has 0 aromatic heterocycles. The standard InChI is InChI=1S/C10H14Cl2N2O4S2/c1-19(15,16)14-10-4-3-8(7-9(10)12)13-20(17,18)6-2-5-11/h3-4,7,13-14H,2,5-6H2,1H3. The number of alkyl halides is 1. The van der Waals surface area contributed by atoms with Gasteiger partial charge in [-0.15, -0.1) is 11.6 Å². The quantitative estimate of drug-likeness (QED) is 0.728. The lowest BCUT2D eigenvalue weighted by molar-refractivity contribution is 0.599. The lowest BCUT2D eigenvalue weighted by Crippen LogP contribution is -2.17. The summed E-state index contributed by atoms with van der Waals surface area (Å²) in [4.78, 5) is 0. The van der Waals surface area contributed by atoms with E-state index in [-0.39, 0.29) is 28.0 Å². The van der Waals surface area contributed by atoms with Gasteiger partial charge in [0.25, 0.3) is 0 Å². The molecule has 0 heterocycles. The highest BCUT2D eigenvalue weighted by atomic mass is 35.5. The Morgan fingerprint density at radius 2 is 1.80 bits per heavy atom. The normalized spacial score (nSPS) is 12.2. The van der Waals surface area contributed by atoms with Crippen molar-refractivity contribution in [1.82, 2.24) is 0 Å². The van der Waals surface area contributed by atoms with Crippen molar-refractivity contribution in [3.05, 3.63) is 23.2 Å². The summed E-state index contributed by atoms with van der Waals surface area (Å²) in [5, 5.41) is 0.0907. The van der Waals surface area contributed by atoms with Gasteiger partial charge in [0.1, 0.15) is 0 Å². The van der Waals surface area contributed by atoms with E-state index in [1.807, 2.05) is 0 Å². The monoisotopic (exact) mass is 360 g/mol. The first-order valence-corrected chi connectivity index (χ1v) is 9.92. The molecule has 0 atom stereocenters. The summed E-state index contributed by atoms with van der Waals surface area (Å²) in [6.45, 7) is 0. The van der Waals surface area contributed by atoms with Gasteiger partial charge in [-0.2, -0.15) is 0 Å². The second-order valence-electron chi connectivity index (χ2n) is 4.03. The van der Waals surface area contributed by atoms with Gasteiger partial charge >= 0.3 is 0 Å². The lowest BCUT2D eigenvalue weighted by Gasteiger charge is -2.10. The molecular weight excluding hydrogens is 347 g/mol. The van der Waals surface area contributed by atoms with Crippen LogP contribution in [0.4, 0.5) is 11.4 Å². The third-order valence-corrected chi connectivity index (χ3v) is 4.63. The summed E-state index contributed by atoms with van der Waals surface area (Å²) >= 11 is 11.3. The number of hydrogen-bond acceptors (Lipinski definition) is 4. The highest BCUT2D eigenvalue weighted by molar-refractivity contribution is 7.92. The molecule has 1 rings (SSSR count). The zero-order chi connectivity index (χ0) is 15.4. The molecule has 1 aromatic carbocycles. The first-order valence-electron chi connectivity index (χ1n) is 5.47. The van der Waals surface area contributed by atoms with E-state index in [1.165, 1.54) is 18.2 Å². The molecule has 0 aliphatic rings. The Hall–Kier alpha value is -0.700. The fourth-order valence-electron chi connectivity index (χ4n) is 1.34. The molecule has 0 aliphatic heterocycles. The van der Waals surface area contributed by atoms with Crippen LogP contribution in [0.25, 0.3) is 0 Å². The molecule has 114 valence electrons. The van der Waals surface area contributed by atoms with Crippen molar-refractivity contribution in [3.8, 4) is 0 Å². The van der Waals surface area contributed by atoms with E-state index in [9.17, 15) is 16.8 Å². The minimum absolute atomic E-state index is 0.0907. The largest absolute Gasteiger partial charge is 0.284 e. The molecule has 0 aliphatic carbocycles. The molecule has 0 bridgehead atoms. The summed E-state index contributed by atoms with van der Waals surface area (Å²) in [6, 6.07) is 4.12. The predicted molar refractivity (Wildman–Crippen MR) is 82.7 cm³/mol. The zero-order valence-electron chi connectivity index (χ0n) is 10.6. The summed E-state index contributed by atoms with van der Waals surface area (Å²) in [5.41, 5.74) is 0.432. The van der Waals surface area contributed by atoms with E-state index in [4.69, 9.17) is 23.2 Å². The zero-order valence-corrected chi connectivity index (χ0v) is 13.7. The number of nitrogens with one attached hydrogen (secondary N) is 2. The molecule has 0 spiro atoms. The van der Waals surface area contributed by atoms with Crippen LogP contribution in [0.3, 0.4) is 0 Å². The van der Waals surface area contributed by atoms with Crippen LogP contribution in [0, 0.1) is 0 Å². The molecule has 0 unspecified atom stereocenters. The van der Waals surface area contributed by atoms with Gasteiger partial charge in [0.15, 0.2) is 0 Å². The Labute approximate surface area is 128 Å². The van der Waals surface area contributed by atoms with Crippen molar-refractivity contribution in [2.75, 3.05) is 27.3 Å². The molecule has 6 nitrogen and oxygen atoms in total. The van der Waals surface area contributed by atoms with E-state index in [1.54, 1.807) is 0 Å². The third kappa shape index (κ3) is 6.17. The Morgan fingerprint density at radius 1 is 1.15 bits per heavy atom. The fraction of sp³-hybridized carbons (Fsp3) is 0.400. The SMILES string of the molecule is CS(=O)(=O)Nc1ccc(NS(=O)(=O)CCCCl)cc1Cl. The van der Waals surface area contributed by atoms with Crippen molar-refractivity contribution in [3.63, 3.8) is 0 Å². The summed E-state index contributed by atoms with van der Waals surface area (Å²) in [6.07, 6.45) is 1.32. The smallest absolute Gasteiger partial charge is 0.232 e. The minimum atomic E-state index is -3.49. The van der Waals surface area contributed by atoms with Gasteiger partial charge < -0.3 is 0 Å². The van der Waals surface area contributed by atoms with Crippen LogP contribution in [0.5, 0.6) is 0 Å².